The second-order valence-corrected chi connectivity index (χ2v) is 5.91. The van der Waals surface area contributed by atoms with Crippen LogP contribution in [0.4, 0.5) is 8.78 Å². The molecule has 0 amide bonds. The highest BCUT2D eigenvalue weighted by molar-refractivity contribution is 5.19. The molecule has 0 spiro atoms. The van der Waals surface area contributed by atoms with Crippen LogP contribution >= 0.6 is 0 Å². The van der Waals surface area contributed by atoms with Gasteiger partial charge in [0.15, 0.2) is 0 Å². The Hall–Kier alpha value is -1.00. The first-order chi connectivity index (χ1) is 10.1. The quantitative estimate of drug-likeness (QED) is 0.833. The third-order valence-electron chi connectivity index (χ3n) is 4.34. The molecular weight excluding hydrogens is 274 g/mol. The highest BCUT2D eigenvalue weighted by Gasteiger charge is 2.38. The molecule has 4 heteroatoms. The summed E-state index contributed by atoms with van der Waals surface area (Å²) in [5.74, 6) is -1.22. The summed E-state index contributed by atoms with van der Waals surface area (Å²) in [5.41, 5.74) is -0.100. The van der Waals surface area contributed by atoms with Crippen molar-refractivity contribution in [1.29, 1.82) is 0 Å². The molecule has 0 aromatic heterocycles. The molecular formula is C17H24F2O2. The maximum atomic E-state index is 13.3. The van der Waals surface area contributed by atoms with Crippen molar-refractivity contribution in [1.82, 2.24) is 0 Å². The van der Waals surface area contributed by atoms with E-state index in [1.54, 1.807) is 0 Å². The Morgan fingerprint density at radius 2 is 1.67 bits per heavy atom. The van der Waals surface area contributed by atoms with Crippen molar-refractivity contribution in [3.05, 3.63) is 35.4 Å². The van der Waals surface area contributed by atoms with Crippen LogP contribution in [0.25, 0.3) is 0 Å². The molecule has 0 heterocycles. The molecule has 2 rings (SSSR count). The number of hydrogen-bond donors (Lipinski definition) is 1. The van der Waals surface area contributed by atoms with Crippen LogP contribution in [-0.2, 0) is 11.2 Å². The Balaban J connectivity index is 2.15. The van der Waals surface area contributed by atoms with E-state index in [9.17, 15) is 13.9 Å². The molecule has 2 nitrogen and oxygen atoms in total. The minimum atomic E-state index is -0.739. The molecule has 1 aliphatic carbocycles. The lowest BCUT2D eigenvalue weighted by atomic mass is 9.84. The van der Waals surface area contributed by atoms with E-state index >= 15 is 0 Å². The molecule has 1 aromatic carbocycles. The summed E-state index contributed by atoms with van der Waals surface area (Å²) in [7, 11) is 0. The first-order valence-corrected chi connectivity index (χ1v) is 7.83. The zero-order valence-electron chi connectivity index (χ0n) is 12.6. The molecule has 1 N–H and O–H groups in total. The van der Waals surface area contributed by atoms with Crippen molar-refractivity contribution in [2.75, 3.05) is 6.61 Å². The molecule has 21 heavy (non-hydrogen) atoms. The Kier molecular flexibility index (Phi) is 5.71. The first-order valence-electron chi connectivity index (χ1n) is 7.83. The predicted molar refractivity (Wildman–Crippen MR) is 78.1 cm³/mol. The summed E-state index contributed by atoms with van der Waals surface area (Å²) >= 11 is 0. The Labute approximate surface area is 125 Å². The van der Waals surface area contributed by atoms with E-state index in [2.05, 4.69) is 0 Å². The summed E-state index contributed by atoms with van der Waals surface area (Å²) in [6.45, 7) is 2.45. The van der Waals surface area contributed by atoms with E-state index in [0.717, 1.165) is 44.6 Å². The minimum absolute atomic E-state index is 0.217. The third kappa shape index (κ3) is 4.24. The van der Waals surface area contributed by atoms with Gasteiger partial charge in [-0.05, 0) is 37.5 Å². The number of aliphatic hydroxyl groups is 1. The molecule has 1 aliphatic rings. The first kappa shape index (κ1) is 16.4. The molecule has 1 fully saturated rings. The van der Waals surface area contributed by atoms with Crippen molar-refractivity contribution in [2.45, 2.75) is 63.6 Å². The molecule has 0 bridgehead atoms. The van der Waals surface area contributed by atoms with Crippen molar-refractivity contribution in [2.24, 2.45) is 0 Å². The highest BCUT2D eigenvalue weighted by Crippen LogP contribution is 2.35. The largest absolute Gasteiger partial charge is 0.390 e. The number of aliphatic hydroxyl groups excluding tert-OH is 1. The van der Waals surface area contributed by atoms with Gasteiger partial charge in [0, 0.05) is 19.1 Å². The summed E-state index contributed by atoms with van der Waals surface area (Å²) in [4.78, 5) is 0. The summed E-state index contributed by atoms with van der Waals surface area (Å²) in [6, 6.07) is 3.41. The molecule has 1 atom stereocenters. The van der Waals surface area contributed by atoms with E-state index in [-0.39, 0.29) is 6.42 Å². The molecule has 0 saturated heterocycles. The Morgan fingerprint density at radius 3 is 2.19 bits per heavy atom. The van der Waals surface area contributed by atoms with Gasteiger partial charge in [0.1, 0.15) is 11.6 Å². The smallest absolute Gasteiger partial charge is 0.126 e. The van der Waals surface area contributed by atoms with E-state index in [4.69, 9.17) is 4.74 Å². The van der Waals surface area contributed by atoms with Gasteiger partial charge in [-0.2, -0.15) is 0 Å². The Morgan fingerprint density at radius 1 is 1.10 bits per heavy atom. The molecule has 0 radical (unpaired) electrons. The van der Waals surface area contributed by atoms with Gasteiger partial charge in [-0.3, -0.25) is 0 Å². The third-order valence-corrected chi connectivity index (χ3v) is 4.34. The van der Waals surface area contributed by atoms with Crippen molar-refractivity contribution in [3.63, 3.8) is 0 Å². The van der Waals surface area contributed by atoms with E-state index < -0.39 is 23.3 Å². The molecule has 1 aromatic rings. The second kappa shape index (κ2) is 7.32. The van der Waals surface area contributed by atoms with Gasteiger partial charge in [0.25, 0.3) is 0 Å². The van der Waals surface area contributed by atoms with Gasteiger partial charge in [-0.15, -0.1) is 0 Å². The van der Waals surface area contributed by atoms with Crippen LogP contribution in [0.3, 0.4) is 0 Å². The van der Waals surface area contributed by atoms with Gasteiger partial charge in [0.05, 0.1) is 11.7 Å². The van der Waals surface area contributed by atoms with Crippen molar-refractivity contribution in [3.8, 4) is 0 Å². The lowest BCUT2D eigenvalue weighted by Crippen LogP contribution is -2.46. The van der Waals surface area contributed by atoms with Gasteiger partial charge in [-0.1, -0.05) is 25.7 Å². The minimum Gasteiger partial charge on any atom is -0.390 e. The van der Waals surface area contributed by atoms with E-state index in [0.29, 0.717) is 12.2 Å². The van der Waals surface area contributed by atoms with Crippen LogP contribution in [-0.4, -0.2) is 23.4 Å². The zero-order chi connectivity index (χ0) is 15.3. The average molecular weight is 298 g/mol. The van der Waals surface area contributed by atoms with Crippen LogP contribution in [0.5, 0.6) is 0 Å². The molecule has 1 unspecified atom stereocenters. The number of rotatable bonds is 5. The average Bonchev–Trinajstić information content (AvgIpc) is 2.64. The molecule has 118 valence electrons. The molecule has 0 aliphatic heterocycles. The van der Waals surface area contributed by atoms with Gasteiger partial charge < -0.3 is 9.84 Å². The van der Waals surface area contributed by atoms with Crippen molar-refractivity contribution < 1.29 is 18.6 Å². The highest BCUT2D eigenvalue weighted by atomic mass is 19.1. The van der Waals surface area contributed by atoms with Crippen LogP contribution < -0.4 is 0 Å². The standard InChI is InChI=1S/C17H24F2O2/c1-2-21-17(7-5-3-4-6-8-17)16(20)11-13-9-14(18)12-15(19)10-13/h9-10,12,16,20H,2-8,11H2,1H3. The van der Waals surface area contributed by atoms with E-state index in [1.165, 1.54) is 12.1 Å². The monoisotopic (exact) mass is 298 g/mol. The van der Waals surface area contributed by atoms with Crippen LogP contribution in [0.1, 0.15) is 51.0 Å². The second-order valence-electron chi connectivity index (χ2n) is 5.91. The SMILES string of the molecule is CCOC1(C(O)Cc2cc(F)cc(F)c2)CCCCCC1. The Bertz CT molecular complexity index is 434. The van der Waals surface area contributed by atoms with Gasteiger partial charge in [-0.25, -0.2) is 8.78 Å². The fraction of sp³-hybridized carbons (Fsp3) is 0.647. The number of hydrogen-bond acceptors (Lipinski definition) is 2. The maximum absolute atomic E-state index is 13.3. The predicted octanol–water partition coefficient (Wildman–Crippen LogP) is 4.00. The topological polar surface area (TPSA) is 29.5 Å². The summed E-state index contributed by atoms with van der Waals surface area (Å²) in [5, 5.41) is 10.6. The fourth-order valence-corrected chi connectivity index (χ4v) is 3.33. The maximum Gasteiger partial charge on any atom is 0.126 e. The summed E-state index contributed by atoms with van der Waals surface area (Å²) < 4.78 is 32.5. The number of ether oxygens (including phenoxy) is 1. The molecule has 1 saturated carbocycles. The van der Waals surface area contributed by atoms with Gasteiger partial charge >= 0.3 is 0 Å². The summed E-state index contributed by atoms with van der Waals surface area (Å²) in [6.07, 6.45) is 5.43. The lowest BCUT2D eigenvalue weighted by Gasteiger charge is -2.37. The van der Waals surface area contributed by atoms with Gasteiger partial charge in [0.2, 0.25) is 0 Å². The zero-order valence-corrected chi connectivity index (χ0v) is 12.6. The number of benzene rings is 1. The van der Waals surface area contributed by atoms with Crippen LogP contribution in [0, 0.1) is 11.6 Å². The van der Waals surface area contributed by atoms with Crippen molar-refractivity contribution >= 4 is 0 Å². The van der Waals surface area contributed by atoms with Crippen LogP contribution in [0.2, 0.25) is 0 Å². The lowest BCUT2D eigenvalue weighted by molar-refractivity contribution is -0.128. The van der Waals surface area contributed by atoms with E-state index in [1.807, 2.05) is 6.92 Å². The fourth-order valence-electron chi connectivity index (χ4n) is 3.33. The van der Waals surface area contributed by atoms with Crippen LogP contribution in [0.15, 0.2) is 18.2 Å². The normalized spacial score (nSPS) is 20.0. The number of halogens is 2.